The summed E-state index contributed by atoms with van der Waals surface area (Å²) in [6.45, 7) is 0. The lowest BCUT2D eigenvalue weighted by Gasteiger charge is -2.32. The van der Waals surface area contributed by atoms with Crippen LogP contribution in [-0.2, 0) is 0 Å². The van der Waals surface area contributed by atoms with E-state index in [2.05, 4.69) is 137 Å². The molecule has 250 valence electrons. The number of nitrogens with zero attached hydrogens (tertiary/aromatic N) is 5. The zero-order chi connectivity index (χ0) is 34.4. The molecule has 10 rings (SSSR count). The van der Waals surface area contributed by atoms with Crippen LogP contribution in [0.15, 0.2) is 164 Å². The summed E-state index contributed by atoms with van der Waals surface area (Å²) in [6, 6.07) is 56.5. The molecule has 9 aromatic rings. The second kappa shape index (κ2) is 12.8. The summed E-state index contributed by atoms with van der Waals surface area (Å²) in [5.74, 6) is 2.53. The van der Waals surface area contributed by atoms with Crippen LogP contribution >= 0.6 is 0 Å². The largest absolute Gasteiger partial charge is 0.337 e. The minimum absolute atomic E-state index is 0.406. The third-order valence-electron chi connectivity index (χ3n) is 10.9. The molecule has 0 amide bonds. The molecule has 2 atom stereocenters. The Morgan fingerprint density at radius 3 is 1.75 bits per heavy atom. The van der Waals surface area contributed by atoms with Gasteiger partial charge in [-0.3, -0.25) is 0 Å². The first-order valence-corrected chi connectivity index (χ1v) is 18.3. The number of para-hydroxylation sites is 2. The normalized spacial score (nSPS) is 16.2. The van der Waals surface area contributed by atoms with Gasteiger partial charge in [0.2, 0.25) is 0 Å². The number of hydrogen-bond acceptors (Lipinski definition) is 3. The van der Waals surface area contributed by atoms with Crippen molar-refractivity contribution in [3.8, 4) is 39.9 Å². The molecule has 5 heteroatoms. The molecule has 1 aliphatic carbocycles. The third-order valence-corrected chi connectivity index (χ3v) is 10.9. The molecule has 0 spiro atoms. The maximum atomic E-state index is 4.96. The minimum atomic E-state index is 0.406. The molecule has 6 aromatic carbocycles. The van der Waals surface area contributed by atoms with E-state index >= 15 is 0 Å². The van der Waals surface area contributed by atoms with Gasteiger partial charge in [-0.15, -0.1) is 0 Å². The zero-order valence-electron chi connectivity index (χ0n) is 28.8. The van der Waals surface area contributed by atoms with E-state index in [4.69, 9.17) is 15.0 Å². The van der Waals surface area contributed by atoms with E-state index in [1.54, 1.807) is 0 Å². The summed E-state index contributed by atoms with van der Waals surface area (Å²) in [6.07, 6.45) is 6.87. The monoisotopic (exact) mass is 671 g/mol. The highest BCUT2D eigenvalue weighted by Crippen LogP contribution is 2.44. The molecule has 3 aromatic heterocycles. The Morgan fingerprint density at radius 1 is 0.481 bits per heavy atom. The van der Waals surface area contributed by atoms with Crippen LogP contribution in [-0.4, -0.2) is 24.1 Å². The van der Waals surface area contributed by atoms with Gasteiger partial charge in [0.25, 0.3) is 0 Å². The van der Waals surface area contributed by atoms with Crippen LogP contribution in [0.4, 0.5) is 0 Å². The van der Waals surface area contributed by atoms with Crippen molar-refractivity contribution < 1.29 is 0 Å². The molecule has 0 saturated heterocycles. The van der Waals surface area contributed by atoms with Gasteiger partial charge in [-0.2, -0.15) is 0 Å². The highest BCUT2D eigenvalue weighted by molar-refractivity contribution is 6.12. The second-order valence-corrected chi connectivity index (χ2v) is 14.0. The van der Waals surface area contributed by atoms with Crippen LogP contribution in [0.1, 0.15) is 43.2 Å². The maximum Gasteiger partial charge on any atom is 0.164 e. The molecule has 0 bridgehead atoms. The van der Waals surface area contributed by atoms with Gasteiger partial charge in [0.05, 0.1) is 11.0 Å². The minimum Gasteiger partial charge on any atom is -0.337 e. The van der Waals surface area contributed by atoms with Crippen molar-refractivity contribution in [2.45, 2.75) is 37.6 Å². The summed E-state index contributed by atoms with van der Waals surface area (Å²) >= 11 is 0. The Morgan fingerprint density at radius 2 is 1.08 bits per heavy atom. The lowest BCUT2D eigenvalue weighted by Crippen LogP contribution is -2.18. The van der Waals surface area contributed by atoms with Crippen LogP contribution in [0.25, 0.3) is 72.6 Å². The summed E-state index contributed by atoms with van der Waals surface area (Å²) in [4.78, 5) is 14.8. The van der Waals surface area contributed by atoms with Gasteiger partial charge in [-0.1, -0.05) is 128 Å². The van der Waals surface area contributed by atoms with Crippen LogP contribution in [0.3, 0.4) is 0 Å². The summed E-state index contributed by atoms with van der Waals surface area (Å²) in [5, 5.41) is 3.94. The predicted octanol–water partition coefficient (Wildman–Crippen LogP) is 11.8. The lowest BCUT2D eigenvalue weighted by atomic mass is 9.81. The van der Waals surface area contributed by atoms with E-state index in [9.17, 15) is 0 Å². The summed E-state index contributed by atoms with van der Waals surface area (Å²) in [7, 11) is 0. The smallest absolute Gasteiger partial charge is 0.164 e. The first-order valence-electron chi connectivity index (χ1n) is 18.3. The van der Waals surface area contributed by atoms with Crippen molar-refractivity contribution in [2.24, 2.45) is 0 Å². The van der Waals surface area contributed by atoms with Gasteiger partial charge in [0.1, 0.15) is 0 Å². The van der Waals surface area contributed by atoms with Gasteiger partial charge in [0, 0.05) is 56.3 Å². The number of fused-ring (bicyclic) bond motifs is 4. The van der Waals surface area contributed by atoms with E-state index in [1.807, 2.05) is 36.4 Å². The van der Waals surface area contributed by atoms with Gasteiger partial charge < -0.3 is 9.13 Å². The number of aromatic nitrogens is 5. The number of hydrogen-bond donors (Lipinski definition) is 0. The molecule has 1 aliphatic rings. The average Bonchev–Trinajstić information content (AvgIpc) is 3.79. The maximum absolute atomic E-state index is 4.96. The molecule has 3 heterocycles. The average molecular weight is 672 g/mol. The molecule has 5 nitrogen and oxygen atoms in total. The fraction of sp³-hybridized carbons (Fsp3) is 0.128. The van der Waals surface area contributed by atoms with Crippen molar-refractivity contribution in [1.82, 2.24) is 24.1 Å². The third kappa shape index (κ3) is 5.37. The molecule has 2 unspecified atom stereocenters. The SMILES string of the molecule is c1ccc(-c2nc(-c3ccccc3)nc(-c3ccc(C4CCCC(n5c6ccccc6c6cc7ccn(-c8ccccc8)c7cc65)C4)cc3)n2)cc1. The first kappa shape index (κ1) is 30.5. The molecule has 0 N–H and O–H groups in total. The van der Waals surface area contributed by atoms with E-state index in [0.29, 0.717) is 29.4 Å². The Hall–Kier alpha value is -6.33. The Bertz CT molecular complexity index is 2620. The molecular formula is C47H37N5. The van der Waals surface area contributed by atoms with Gasteiger partial charge in [0.15, 0.2) is 17.5 Å². The fourth-order valence-electron chi connectivity index (χ4n) is 8.38. The van der Waals surface area contributed by atoms with Crippen molar-refractivity contribution in [2.75, 3.05) is 0 Å². The Kier molecular flexibility index (Phi) is 7.49. The second-order valence-electron chi connectivity index (χ2n) is 14.0. The molecule has 1 fully saturated rings. The van der Waals surface area contributed by atoms with Crippen LogP contribution in [0.5, 0.6) is 0 Å². The quantitative estimate of drug-likeness (QED) is 0.177. The van der Waals surface area contributed by atoms with Gasteiger partial charge in [-0.05, 0) is 67.1 Å². The van der Waals surface area contributed by atoms with Gasteiger partial charge >= 0.3 is 0 Å². The molecule has 1 saturated carbocycles. The van der Waals surface area contributed by atoms with E-state index in [1.165, 1.54) is 63.2 Å². The summed E-state index contributed by atoms with van der Waals surface area (Å²) < 4.78 is 4.98. The van der Waals surface area contributed by atoms with Crippen molar-refractivity contribution in [1.29, 1.82) is 0 Å². The topological polar surface area (TPSA) is 48.5 Å². The van der Waals surface area contributed by atoms with Crippen LogP contribution < -0.4 is 0 Å². The lowest BCUT2D eigenvalue weighted by molar-refractivity contribution is 0.331. The van der Waals surface area contributed by atoms with Gasteiger partial charge in [-0.25, -0.2) is 15.0 Å². The molecular weight excluding hydrogens is 635 g/mol. The van der Waals surface area contributed by atoms with E-state index in [-0.39, 0.29) is 0 Å². The Labute approximate surface area is 302 Å². The summed E-state index contributed by atoms with van der Waals surface area (Å²) in [5.41, 5.74) is 9.43. The molecule has 0 aliphatic heterocycles. The standard InChI is InChI=1S/C47H37N5/c1-4-13-33(14-5-1)45-48-46(34-15-6-2-7-16-34)50-47(49-45)35-25-23-32(24-26-35)36-17-12-20-39(29-36)52-42-22-11-10-21-40(42)41-30-37-27-28-51(43(37)31-44(41)52)38-18-8-3-9-19-38/h1-11,13-16,18-19,21-28,30-31,36,39H,12,17,20,29H2. The molecule has 0 radical (unpaired) electrons. The van der Waals surface area contributed by atoms with E-state index < -0.39 is 0 Å². The number of benzene rings is 6. The predicted molar refractivity (Wildman–Crippen MR) is 213 cm³/mol. The fourth-order valence-corrected chi connectivity index (χ4v) is 8.38. The number of rotatable bonds is 6. The van der Waals surface area contributed by atoms with Crippen molar-refractivity contribution in [3.05, 3.63) is 169 Å². The highest BCUT2D eigenvalue weighted by Gasteiger charge is 2.27. The van der Waals surface area contributed by atoms with E-state index in [0.717, 1.165) is 23.1 Å². The van der Waals surface area contributed by atoms with Crippen LogP contribution in [0.2, 0.25) is 0 Å². The Balaban J connectivity index is 1.00. The highest BCUT2D eigenvalue weighted by atomic mass is 15.0. The van der Waals surface area contributed by atoms with Crippen molar-refractivity contribution >= 4 is 32.7 Å². The first-order chi connectivity index (χ1) is 25.8. The van der Waals surface area contributed by atoms with Crippen LogP contribution in [0, 0.1) is 0 Å². The molecule has 52 heavy (non-hydrogen) atoms. The zero-order valence-corrected chi connectivity index (χ0v) is 28.8. The van der Waals surface area contributed by atoms with Crippen molar-refractivity contribution in [3.63, 3.8) is 0 Å².